The van der Waals surface area contributed by atoms with Crippen LogP contribution in [-0.4, -0.2) is 36.6 Å². The van der Waals surface area contributed by atoms with Crippen molar-refractivity contribution in [3.63, 3.8) is 0 Å². The van der Waals surface area contributed by atoms with E-state index in [0.717, 1.165) is 23.8 Å². The van der Waals surface area contributed by atoms with Crippen LogP contribution in [0.1, 0.15) is 39.5 Å². The first-order valence-electron chi connectivity index (χ1n) is 7.93. The Balaban J connectivity index is 1.47. The molecule has 2 fully saturated rings. The number of likely N-dealkylation sites (N-methyl/N-ethyl adjacent to an activating group) is 1. The van der Waals surface area contributed by atoms with Crippen LogP contribution in [0.15, 0.2) is 12.2 Å². The Hall–Kier alpha value is -0.340. The molecule has 1 heterocycles. The molecule has 2 aliphatic carbocycles. The van der Waals surface area contributed by atoms with E-state index in [0.29, 0.717) is 6.04 Å². The van der Waals surface area contributed by atoms with Crippen LogP contribution in [0.25, 0.3) is 0 Å². The molecule has 2 nitrogen and oxygen atoms in total. The Morgan fingerprint density at radius 2 is 2.22 bits per heavy atom. The number of fused-ring (bicyclic) bond motifs is 2. The fourth-order valence-electron chi connectivity index (χ4n) is 4.41. The second-order valence-corrected chi connectivity index (χ2v) is 6.57. The minimum atomic E-state index is 0.698. The number of hydrogen-bond donors (Lipinski definition) is 1. The zero-order chi connectivity index (χ0) is 12.5. The van der Waals surface area contributed by atoms with Crippen LogP contribution in [-0.2, 0) is 0 Å². The number of allylic oxidation sites excluding steroid dienone is 2. The van der Waals surface area contributed by atoms with Crippen LogP contribution in [0.5, 0.6) is 0 Å². The highest BCUT2D eigenvalue weighted by atomic mass is 15.2. The van der Waals surface area contributed by atoms with Crippen molar-refractivity contribution in [1.29, 1.82) is 0 Å². The van der Waals surface area contributed by atoms with Crippen LogP contribution in [0.4, 0.5) is 0 Å². The zero-order valence-corrected chi connectivity index (χ0v) is 11.9. The molecule has 3 rings (SSSR count). The van der Waals surface area contributed by atoms with Crippen LogP contribution in [0, 0.1) is 17.8 Å². The molecule has 1 aliphatic heterocycles. The van der Waals surface area contributed by atoms with Crippen molar-refractivity contribution in [1.82, 2.24) is 10.2 Å². The molecule has 3 aliphatic rings. The van der Waals surface area contributed by atoms with Crippen molar-refractivity contribution < 1.29 is 0 Å². The number of rotatable bonds is 5. The quantitative estimate of drug-likeness (QED) is 0.753. The fraction of sp³-hybridized carbons (Fsp3) is 0.875. The third kappa shape index (κ3) is 2.37. The topological polar surface area (TPSA) is 15.3 Å². The van der Waals surface area contributed by atoms with E-state index in [1.807, 2.05) is 0 Å². The summed E-state index contributed by atoms with van der Waals surface area (Å²) < 4.78 is 0. The minimum Gasteiger partial charge on any atom is -0.312 e. The fourth-order valence-corrected chi connectivity index (χ4v) is 4.41. The smallest absolute Gasteiger partial charge is 0.0221 e. The van der Waals surface area contributed by atoms with Gasteiger partial charge in [0.25, 0.3) is 0 Å². The summed E-state index contributed by atoms with van der Waals surface area (Å²) in [5, 5.41) is 3.84. The number of nitrogens with one attached hydrogen (secondary N) is 1. The van der Waals surface area contributed by atoms with E-state index in [1.165, 1.54) is 45.3 Å². The molecular weight excluding hydrogens is 220 g/mol. The van der Waals surface area contributed by atoms with Crippen molar-refractivity contribution in [3.8, 4) is 0 Å². The maximum absolute atomic E-state index is 3.84. The summed E-state index contributed by atoms with van der Waals surface area (Å²) in [5.41, 5.74) is 0. The molecule has 102 valence electrons. The molecule has 0 aromatic carbocycles. The van der Waals surface area contributed by atoms with Crippen molar-refractivity contribution in [2.24, 2.45) is 17.8 Å². The molecule has 0 aromatic rings. The van der Waals surface area contributed by atoms with Gasteiger partial charge in [0.2, 0.25) is 0 Å². The van der Waals surface area contributed by atoms with Crippen molar-refractivity contribution >= 4 is 0 Å². The van der Waals surface area contributed by atoms with Gasteiger partial charge in [-0.3, -0.25) is 4.90 Å². The molecule has 1 saturated carbocycles. The maximum atomic E-state index is 3.84. The minimum absolute atomic E-state index is 0.698. The van der Waals surface area contributed by atoms with Gasteiger partial charge in [-0.2, -0.15) is 0 Å². The molecular formula is C16H28N2. The number of nitrogens with zero attached hydrogens (tertiary/aromatic N) is 1. The van der Waals surface area contributed by atoms with Gasteiger partial charge in [-0.25, -0.2) is 0 Å². The summed E-state index contributed by atoms with van der Waals surface area (Å²) in [6.45, 7) is 8.44. The van der Waals surface area contributed by atoms with Gasteiger partial charge < -0.3 is 5.32 Å². The lowest BCUT2D eigenvalue weighted by Gasteiger charge is -2.29. The normalized spacial score (nSPS) is 40.8. The van der Waals surface area contributed by atoms with Gasteiger partial charge in [0.15, 0.2) is 0 Å². The van der Waals surface area contributed by atoms with Gasteiger partial charge in [-0.15, -0.1) is 0 Å². The van der Waals surface area contributed by atoms with E-state index in [1.54, 1.807) is 0 Å². The monoisotopic (exact) mass is 248 g/mol. The molecule has 0 radical (unpaired) electrons. The first-order valence-corrected chi connectivity index (χ1v) is 7.93. The van der Waals surface area contributed by atoms with E-state index >= 15 is 0 Å². The highest BCUT2D eigenvalue weighted by molar-refractivity contribution is 5.11. The van der Waals surface area contributed by atoms with Crippen LogP contribution in [0.2, 0.25) is 0 Å². The lowest BCUT2D eigenvalue weighted by molar-refractivity contribution is 0.238. The molecule has 5 unspecified atom stereocenters. The molecule has 5 atom stereocenters. The number of hydrogen-bond acceptors (Lipinski definition) is 2. The lowest BCUT2D eigenvalue weighted by atomic mass is 9.87. The molecule has 18 heavy (non-hydrogen) atoms. The van der Waals surface area contributed by atoms with Crippen molar-refractivity contribution in [2.75, 3.05) is 19.6 Å². The van der Waals surface area contributed by atoms with Crippen LogP contribution >= 0.6 is 0 Å². The lowest BCUT2D eigenvalue weighted by Crippen LogP contribution is -2.44. The van der Waals surface area contributed by atoms with Crippen LogP contribution < -0.4 is 5.32 Å². The van der Waals surface area contributed by atoms with Gasteiger partial charge >= 0.3 is 0 Å². The highest BCUT2D eigenvalue weighted by Gasteiger charge is 2.38. The predicted octanol–water partition coefficient (Wildman–Crippen LogP) is 2.66. The average molecular weight is 248 g/mol. The molecule has 1 saturated heterocycles. The molecule has 0 aromatic heterocycles. The Labute approximate surface area is 112 Å². The summed E-state index contributed by atoms with van der Waals surface area (Å²) in [7, 11) is 0. The van der Waals surface area contributed by atoms with E-state index in [9.17, 15) is 0 Å². The van der Waals surface area contributed by atoms with Gasteiger partial charge in [-0.1, -0.05) is 19.1 Å². The molecule has 2 heteroatoms. The van der Waals surface area contributed by atoms with Gasteiger partial charge in [0.1, 0.15) is 0 Å². The van der Waals surface area contributed by atoms with E-state index in [2.05, 4.69) is 36.2 Å². The summed E-state index contributed by atoms with van der Waals surface area (Å²) in [6.07, 6.45) is 10.6. The maximum Gasteiger partial charge on any atom is 0.0221 e. The molecule has 2 bridgehead atoms. The third-order valence-electron chi connectivity index (χ3n) is 5.55. The zero-order valence-electron chi connectivity index (χ0n) is 11.9. The number of likely N-dealkylation sites (tertiary alicyclic amines) is 1. The average Bonchev–Trinajstić information content (AvgIpc) is 3.10. The first-order chi connectivity index (χ1) is 8.78. The highest BCUT2D eigenvalue weighted by Crippen LogP contribution is 2.44. The first kappa shape index (κ1) is 12.7. The van der Waals surface area contributed by atoms with Gasteiger partial charge in [-0.05, 0) is 63.5 Å². The Kier molecular flexibility index (Phi) is 3.76. The van der Waals surface area contributed by atoms with Crippen LogP contribution in [0.3, 0.4) is 0 Å². The van der Waals surface area contributed by atoms with Crippen molar-refractivity contribution in [3.05, 3.63) is 12.2 Å². The Bertz CT molecular complexity index is 312. The van der Waals surface area contributed by atoms with Gasteiger partial charge in [0.05, 0.1) is 0 Å². The Morgan fingerprint density at radius 1 is 1.33 bits per heavy atom. The van der Waals surface area contributed by atoms with E-state index in [4.69, 9.17) is 0 Å². The predicted molar refractivity (Wildman–Crippen MR) is 76.6 cm³/mol. The molecule has 0 amide bonds. The second kappa shape index (κ2) is 5.34. The second-order valence-electron chi connectivity index (χ2n) is 6.57. The largest absolute Gasteiger partial charge is 0.312 e. The summed E-state index contributed by atoms with van der Waals surface area (Å²) in [5.74, 6) is 2.68. The summed E-state index contributed by atoms with van der Waals surface area (Å²) in [4.78, 5) is 2.64. The third-order valence-corrected chi connectivity index (χ3v) is 5.55. The standard InChI is InChI=1S/C16H28N2/c1-3-18-8-4-5-15(18)11-17-12(2)16-10-13-6-7-14(16)9-13/h6-7,12-17H,3-5,8-11H2,1-2H3. The van der Waals surface area contributed by atoms with Gasteiger partial charge in [0, 0.05) is 18.6 Å². The SMILES string of the molecule is CCN1CCCC1CNC(C)C1CC2C=CC1C2. The van der Waals surface area contributed by atoms with Crippen molar-refractivity contribution in [2.45, 2.75) is 51.6 Å². The summed E-state index contributed by atoms with van der Waals surface area (Å²) in [6, 6.07) is 1.50. The van der Waals surface area contributed by atoms with E-state index < -0.39 is 0 Å². The summed E-state index contributed by atoms with van der Waals surface area (Å²) >= 11 is 0. The Morgan fingerprint density at radius 3 is 2.89 bits per heavy atom. The van der Waals surface area contributed by atoms with E-state index in [-0.39, 0.29) is 0 Å². The molecule has 1 N–H and O–H groups in total. The molecule has 0 spiro atoms.